The number of amides is 2. The van der Waals surface area contributed by atoms with Crippen LogP contribution in [0, 0.1) is 0 Å². The van der Waals surface area contributed by atoms with Gasteiger partial charge in [-0.05, 0) is 23.6 Å². The van der Waals surface area contributed by atoms with Gasteiger partial charge in [-0.2, -0.15) is 18.3 Å². The number of carbonyl (C=O) groups is 2. The first kappa shape index (κ1) is 17.7. The number of rotatable bonds is 5. The average Bonchev–Trinajstić information content (AvgIpc) is 3.05. The van der Waals surface area contributed by atoms with Crippen LogP contribution in [-0.2, 0) is 11.0 Å². The highest BCUT2D eigenvalue weighted by molar-refractivity contribution is 7.11. The van der Waals surface area contributed by atoms with E-state index in [4.69, 9.17) is 0 Å². The SMILES string of the molecule is O=C(CNC(=O)c1ccccc1C(F)(F)F)NN=Cc1cccs1. The van der Waals surface area contributed by atoms with E-state index in [0.717, 1.165) is 17.0 Å². The van der Waals surface area contributed by atoms with Gasteiger partial charge in [-0.1, -0.05) is 18.2 Å². The molecule has 1 heterocycles. The van der Waals surface area contributed by atoms with Crippen LogP contribution in [0.4, 0.5) is 13.2 Å². The second kappa shape index (κ2) is 7.73. The topological polar surface area (TPSA) is 70.6 Å². The lowest BCUT2D eigenvalue weighted by molar-refractivity contribution is -0.137. The second-order valence-corrected chi connectivity index (χ2v) is 5.51. The first-order chi connectivity index (χ1) is 11.4. The molecule has 0 saturated carbocycles. The van der Waals surface area contributed by atoms with Crippen LogP contribution in [0.2, 0.25) is 0 Å². The number of nitrogens with zero attached hydrogens (tertiary/aromatic N) is 1. The highest BCUT2D eigenvalue weighted by atomic mass is 32.1. The first-order valence-electron chi connectivity index (χ1n) is 6.68. The van der Waals surface area contributed by atoms with Crippen molar-refractivity contribution in [2.24, 2.45) is 5.10 Å². The molecule has 9 heteroatoms. The summed E-state index contributed by atoms with van der Waals surface area (Å²) in [7, 11) is 0. The Labute approximate surface area is 139 Å². The van der Waals surface area contributed by atoms with Crippen molar-refractivity contribution in [3.63, 3.8) is 0 Å². The summed E-state index contributed by atoms with van der Waals surface area (Å²) in [4.78, 5) is 24.2. The maximum Gasteiger partial charge on any atom is 0.417 e. The van der Waals surface area contributed by atoms with Crippen LogP contribution < -0.4 is 10.7 Å². The van der Waals surface area contributed by atoms with E-state index in [-0.39, 0.29) is 0 Å². The monoisotopic (exact) mass is 355 g/mol. The van der Waals surface area contributed by atoms with Gasteiger partial charge in [0, 0.05) is 4.88 Å². The first-order valence-corrected chi connectivity index (χ1v) is 7.55. The number of hydrazone groups is 1. The van der Waals surface area contributed by atoms with Gasteiger partial charge in [-0.3, -0.25) is 9.59 Å². The molecule has 0 aliphatic carbocycles. The maximum absolute atomic E-state index is 12.8. The molecule has 1 aromatic carbocycles. The van der Waals surface area contributed by atoms with Crippen molar-refractivity contribution >= 4 is 29.4 Å². The minimum absolute atomic E-state index is 0.493. The molecule has 2 N–H and O–H groups in total. The summed E-state index contributed by atoms with van der Waals surface area (Å²) in [5.74, 6) is -1.64. The molecule has 5 nitrogen and oxygen atoms in total. The molecule has 0 bridgehead atoms. The summed E-state index contributed by atoms with van der Waals surface area (Å²) >= 11 is 1.42. The van der Waals surface area contributed by atoms with Crippen LogP contribution in [0.25, 0.3) is 0 Å². The summed E-state index contributed by atoms with van der Waals surface area (Å²) in [6, 6.07) is 7.95. The van der Waals surface area contributed by atoms with Gasteiger partial charge in [0.1, 0.15) is 0 Å². The molecule has 0 unspecified atom stereocenters. The van der Waals surface area contributed by atoms with Crippen LogP contribution in [0.1, 0.15) is 20.8 Å². The molecule has 0 fully saturated rings. The van der Waals surface area contributed by atoms with Gasteiger partial charge in [-0.15, -0.1) is 11.3 Å². The van der Waals surface area contributed by atoms with Crippen LogP contribution in [0.15, 0.2) is 46.9 Å². The predicted molar refractivity (Wildman–Crippen MR) is 83.8 cm³/mol. The van der Waals surface area contributed by atoms with E-state index in [1.807, 2.05) is 11.4 Å². The Bertz CT molecular complexity index is 743. The predicted octanol–water partition coefficient (Wildman–Crippen LogP) is 2.65. The van der Waals surface area contributed by atoms with Gasteiger partial charge < -0.3 is 5.32 Å². The molecule has 24 heavy (non-hydrogen) atoms. The number of thiophene rings is 1. The Kier molecular flexibility index (Phi) is 5.69. The van der Waals surface area contributed by atoms with E-state index >= 15 is 0 Å². The summed E-state index contributed by atoms with van der Waals surface area (Å²) in [5.41, 5.74) is 0.574. The van der Waals surface area contributed by atoms with Crippen LogP contribution in [-0.4, -0.2) is 24.6 Å². The van der Waals surface area contributed by atoms with E-state index in [1.54, 1.807) is 6.07 Å². The van der Waals surface area contributed by atoms with Gasteiger partial charge in [-0.25, -0.2) is 5.43 Å². The highest BCUT2D eigenvalue weighted by Crippen LogP contribution is 2.31. The van der Waals surface area contributed by atoms with E-state index in [1.165, 1.54) is 29.7 Å². The third-order valence-corrected chi connectivity index (χ3v) is 3.62. The van der Waals surface area contributed by atoms with Crippen molar-refractivity contribution in [2.45, 2.75) is 6.18 Å². The zero-order valence-corrected chi connectivity index (χ0v) is 12.9. The van der Waals surface area contributed by atoms with E-state index in [2.05, 4.69) is 15.8 Å². The zero-order chi connectivity index (χ0) is 17.6. The fraction of sp³-hybridized carbons (Fsp3) is 0.133. The Morgan fingerprint density at radius 1 is 1.17 bits per heavy atom. The number of hydrogen-bond donors (Lipinski definition) is 2. The van der Waals surface area contributed by atoms with Gasteiger partial charge in [0.15, 0.2) is 0 Å². The molecule has 0 saturated heterocycles. The van der Waals surface area contributed by atoms with Gasteiger partial charge in [0.25, 0.3) is 11.8 Å². The Morgan fingerprint density at radius 2 is 1.92 bits per heavy atom. The van der Waals surface area contributed by atoms with Crippen LogP contribution in [0.5, 0.6) is 0 Å². The lowest BCUT2D eigenvalue weighted by atomic mass is 10.1. The number of halogens is 3. The van der Waals surface area contributed by atoms with Crippen molar-refractivity contribution in [3.8, 4) is 0 Å². The summed E-state index contributed by atoms with van der Waals surface area (Å²) < 4.78 is 38.5. The summed E-state index contributed by atoms with van der Waals surface area (Å²) in [5, 5.41) is 7.64. The Hall–Kier alpha value is -2.68. The molecule has 0 aliphatic heterocycles. The third-order valence-electron chi connectivity index (χ3n) is 2.81. The lowest BCUT2D eigenvalue weighted by Crippen LogP contribution is -2.35. The standard InChI is InChI=1S/C15H12F3N3O2S/c16-15(17,18)12-6-2-1-5-11(12)14(23)19-9-13(22)21-20-8-10-4-3-7-24-10/h1-8H,9H2,(H,19,23)(H,21,22). The van der Waals surface area contributed by atoms with Crippen molar-refractivity contribution in [1.82, 2.24) is 10.7 Å². The average molecular weight is 355 g/mol. The molecule has 1 aromatic heterocycles. The van der Waals surface area contributed by atoms with Crippen molar-refractivity contribution in [1.29, 1.82) is 0 Å². The summed E-state index contributed by atoms with van der Waals surface area (Å²) in [6.07, 6.45) is -3.23. The highest BCUT2D eigenvalue weighted by Gasteiger charge is 2.34. The number of alkyl halides is 3. The van der Waals surface area contributed by atoms with Crippen molar-refractivity contribution in [3.05, 3.63) is 57.8 Å². The molecule has 0 radical (unpaired) electrons. The minimum Gasteiger partial charge on any atom is -0.343 e. The second-order valence-electron chi connectivity index (χ2n) is 4.53. The molecular formula is C15H12F3N3O2S. The molecule has 0 atom stereocenters. The normalized spacial score (nSPS) is 11.5. The summed E-state index contributed by atoms with van der Waals surface area (Å²) in [6.45, 7) is -0.493. The number of hydrogen-bond acceptors (Lipinski definition) is 4. The van der Waals surface area contributed by atoms with Crippen molar-refractivity contribution < 1.29 is 22.8 Å². The lowest BCUT2D eigenvalue weighted by Gasteiger charge is -2.12. The fourth-order valence-electron chi connectivity index (χ4n) is 1.76. The molecular weight excluding hydrogens is 343 g/mol. The zero-order valence-electron chi connectivity index (χ0n) is 12.1. The van der Waals surface area contributed by atoms with Crippen LogP contribution >= 0.6 is 11.3 Å². The van der Waals surface area contributed by atoms with E-state index < -0.39 is 35.7 Å². The largest absolute Gasteiger partial charge is 0.417 e. The Morgan fingerprint density at radius 3 is 2.58 bits per heavy atom. The molecule has 126 valence electrons. The number of carbonyl (C=O) groups excluding carboxylic acids is 2. The molecule has 2 rings (SSSR count). The van der Waals surface area contributed by atoms with Crippen molar-refractivity contribution in [2.75, 3.05) is 6.54 Å². The van der Waals surface area contributed by atoms with Crippen LogP contribution in [0.3, 0.4) is 0 Å². The van der Waals surface area contributed by atoms with E-state index in [9.17, 15) is 22.8 Å². The third kappa shape index (κ3) is 4.92. The maximum atomic E-state index is 12.8. The van der Waals surface area contributed by atoms with Gasteiger partial charge in [0.05, 0.1) is 23.9 Å². The number of nitrogens with one attached hydrogen (secondary N) is 2. The molecule has 2 amide bonds. The Balaban J connectivity index is 1.90. The number of benzene rings is 1. The van der Waals surface area contributed by atoms with Gasteiger partial charge >= 0.3 is 6.18 Å². The molecule has 0 spiro atoms. The smallest absolute Gasteiger partial charge is 0.343 e. The molecule has 2 aromatic rings. The minimum atomic E-state index is -4.65. The fourth-order valence-corrected chi connectivity index (χ4v) is 2.34. The van der Waals surface area contributed by atoms with Gasteiger partial charge in [0.2, 0.25) is 0 Å². The molecule has 0 aliphatic rings. The van der Waals surface area contributed by atoms with E-state index in [0.29, 0.717) is 0 Å². The quantitative estimate of drug-likeness (QED) is 0.639.